The molecule has 0 fully saturated rings. The number of rotatable bonds is 20. The third-order valence-corrected chi connectivity index (χ3v) is 9.95. The molecular formula is C42H50BrF6N9O9. The van der Waals surface area contributed by atoms with Gasteiger partial charge in [-0.3, -0.25) is 4.79 Å². The van der Waals surface area contributed by atoms with Crippen LogP contribution in [0.4, 0.5) is 26.3 Å². The van der Waals surface area contributed by atoms with E-state index in [0.29, 0.717) is 12.1 Å². The molecule has 6 rings (SSSR count). The van der Waals surface area contributed by atoms with Crippen LogP contribution in [0.2, 0.25) is 0 Å². The van der Waals surface area contributed by atoms with Crippen molar-refractivity contribution in [2.45, 2.75) is 69.9 Å². The Balaban J connectivity index is 0.000000249. The molecule has 3 aromatic carbocycles. The third kappa shape index (κ3) is 17.6. The van der Waals surface area contributed by atoms with Crippen LogP contribution in [0.15, 0.2) is 97.0 Å². The van der Waals surface area contributed by atoms with Gasteiger partial charge in [-0.25, -0.2) is 55.3 Å². The normalized spacial score (nSPS) is 14.1. The quantitative estimate of drug-likeness (QED) is 0.0552. The molecule has 0 radical (unpaired) electrons. The van der Waals surface area contributed by atoms with E-state index in [0.717, 1.165) is 18.2 Å². The second kappa shape index (κ2) is 28.0. The van der Waals surface area contributed by atoms with E-state index in [1.54, 1.807) is 20.8 Å². The van der Waals surface area contributed by atoms with E-state index in [1.807, 2.05) is 0 Å². The molecule has 6 aromatic rings. The smallest absolute Gasteiger partial charge is 0.182 e. The van der Waals surface area contributed by atoms with Crippen molar-refractivity contribution in [1.29, 1.82) is 0 Å². The van der Waals surface area contributed by atoms with Crippen molar-refractivity contribution < 1.29 is 69.8 Å². The van der Waals surface area contributed by atoms with Crippen LogP contribution in [-0.4, -0.2) is 120 Å². The molecule has 0 aliphatic heterocycles. The summed E-state index contributed by atoms with van der Waals surface area (Å²) < 4.78 is 113. The standard InChI is InChI=1S/2C14H17F2N3O3.C8H13N3O3.C6H3BrF2/c2*1-10(22-9-21-2)14(20,6-19-8-17-7-18-19)12-4-3-11(15)5-13(12)16;1-7(14-6-13-2)8(12)3-11-5-9-4-10-11;7-5-2-1-4(8)3-6(5)9/h2*3-5,7-8,10,20H,6,9H2,1-2H3;4-5,7H,3,6H2,1-2H3;1-3H/t10-,14+;10-,14-;7-;/m111./s1. The fourth-order valence-electron chi connectivity index (χ4n) is 5.62. The average molecular weight is 1020 g/mol. The number of methoxy groups -OCH3 is 3. The van der Waals surface area contributed by atoms with Gasteiger partial charge < -0.3 is 38.6 Å². The van der Waals surface area contributed by atoms with Crippen molar-refractivity contribution in [3.63, 3.8) is 0 Å². The molecular weight excluding hydrogens is 968 g/mol. The molecule has 0 bridgehead atoms. The highest BCUT2D eigenvalue weighted by Gasteiger charge is 2.41. The maximum Gasteiger partial charge on any atom is 0.182 e. The second-order valence-electron chi connectivity index (χ2n) is 14.0. The lowest BCUT2D eigenvalue weighted by molar-refractivity contribution is -0.160. The molecule has 366 valence electrons. The fraction of sp³-hybridized carbons (Fsp3) is 0.405. The summed E-state index contributed by atoms with van der Waals surface area (Å²) in [6, 6.07) is 9.29. The summed E-state index contributed by atoms with van der Waals surface area (Å²) in [6.45, 7) is 4.72. The number of carbonyl (C=O) groups is 1. The molecule has 5 atom stereocenters. The summed E-state index contributed by atoms with van der Waals surface area (Å²) in [7, 11) is 4.37. The molecule has 0 saturated carbocycles. The van der Waals surface area contributed by atoms with Gasteiger partial charge in [-0.15, -0.1) is 0 Å². The first-order chi connectivity index (χ1) is 31.9. The van der Waals surface area contributed by atoms with E-state index in [9.17, 15) is 41.4 Å². The fourth-order valence-corrected chi connectivity index (χ4v) is 5.87. The average Bonchev–Trinajstić information content (AvgIpc) is 4.12. The van der Waals surface area contributed by atoms with E-state index in [1.165, 1.54) is 97.6 Å². The molecule has 0 amide bonds. The van der Waals surface area contributed by atoms with Crippen molar-refractivity contribution in [3.05, 3.63) is 143 Å². The van der Waals surface area contributed by atoms with Crippen LogP contribution in [0, 0.1) is 34.9 Å². The van der Waals surface area contributed by atoms with Crippen LogP contribution in [0.1, 0.15) is 31.9 Å². The molecule has 0 saturated heterocycles. The highest BCUT2D eigenvalue weighted by Crippen LogP contribution is 2.33. The first-order valence-electron chi connectivity index (χ1n) is 19.7. The number of aromatic nitrogens is 9. The van der Waals surface area contributed by atoms with Gasteiger partial charge in [0.15, 0.2) is 5.78 Å². The van der Waals surface area contributed by atoms with Crippen LogP contribution in [0.5, 0.6) is 0 Å². The summed E-state index contributed by atoms with van der Waals surface area (Å²) in [5, 5.41) is 33.6. The third-order valence-electron chi connectivity index (χ3n) is 9.31. The van der Waals surface area contributed by atoms with Crippen molar-refractivity contribution in [2.75, 3.05) is 41.7 Å². The Kier molecular flexibility index (Phi) is 23.3. The van der Waals surface area contributed by atoms with Gasteiger partial charge in [-0.1, -0.05) is 12.1 Å². The molecule has 3 heterocycles. The maximum absolute atomic E-state index is 14.1. The summed E-state index contributed by atoms with van der Waals surface area (Å²) in [5.41, 5.74) is -3.73. The number of ether oxygens (including phenoxy) is 6. The number of ketones is 1. The summed E-state index contributed by atoms with van der Waals surface area (Å²) in [6.07, 6.45) is 6.07. The molecule has 2 N–H and O–H groups in total. The number of carbonyl (C=O) groups excluding carboxylic acids is 1. The Morgan fingerprint density at radius 2 is 0.970 bits per heavy atom. The number of aliphatic hydroxyl groups is 2. The van der Waals surface area contributed by atoms with Gasteiger partial charge in [0.1, 0.15) is 117 Å². The summed E-state index contributed by atoms with van der Waals surface area (Å²) in [4.78, 5) is 22.7. The predicted molar refractivity (Wildman–Crippen MR) is 227 cm³/mol. The zero-order valence-corrected chi connectivity index (χ0v) is 38.6. The molecule has 18 nitrogen and oxygen atoms in total. The maximum atomic E-state index is 14.1. The van der Waals surface area contributed by atoms with Gasteiger partial charge in [0.25, 0.3) is 0 Å². The first-order valence-corrected chi connectivity index (χ1v) is 20.5. The van der Waals surface area contributed by atoms with Gasteiger partial charge in [-0.05, 0) is 61.0 Å². The molecule has 0 spiro atoms. The van der Waals surface area contributed by atoms with Gasteiger partial charge in [0.2, 0.25) is 0 Å². The van der Waals surface area contributed by atoms with E-state index >= 15 is 0 Å². The minimum Gasteiger partial charge on any atom is -0.380 e. The Morgan fingerprint density at radius 1 is 0.597 bits per heavy atom. The largest absolute Gasteiger partial charge is 0.380 e. The van der Waals surface area contributed by atoms with Crippen molar-refractivity contribution >= 4 is 21.7 Å². The highest BCUT2D eigenvalue weighted by atomic mass is 79.9. The molecule has 3 aromatic heterocycles. The first kappa shape index (κ1) is 55.8. The van der Waals surface area contributed by atoms with Crippen LogP contribution < -0.4 is 0 Å². The summed E-state index contributed by atoms with van der Waals surface area (Å²) >= 11 is 2.89. The lowest BCUT2D eigenvalue weighted by Crippen LogP contribution is -2.44. The van der Waals surface area contributed by atoms with Crippen LogP contribution in [0.25, 0.3) is 0 Å². The minimum atomic E-state index is -1.77. The predicted octanol–water partition coefficient (Wildman–Crippen LogP) is 5.49. The number of hydrogen-bond donors (Lipinski definition) is 2. The van der Waals surface area contributed by atoms with E-state index in [2.05, 4.69) is 50.9 Å². The number of Topliss-reactive ketones (excluding diaryl/α,β-unsaturated/α-hetero) is 1. The van der Waals surface area contributed by atoms with Gasteiger partial charge in [0.05, 0.1) is 29.8 Å². The lowest BCUT2D eigenvalue weighted by atomic mass is 9.88. The molecule has 0 unspecified atom stereocenters. The zero-order valence-electron chi connectivity index (χ0n) is 37.1. The Bertz CT molecular complexity index is 2240. The van der Waals surface area contributed by atoms with Crippen molar-refractivity contribution in [3.8, 4) is 0 Å². The molecule has 25 heteroatoms. The Hall–Kier alpha value is -5.51. The number of benzene rings is 3. The highest BCUT2D eigenvalue weighted by molar-refractivity contribution is 9.10. The number of nitrogens with zero attached hydrogens (tertiary/aromatic N) is 9. The topological polar surface area (TPSA) is 205 Å². The molecule has 67 heavy (non-hydrogen) atoms. The van der Waals surface area contributed by atoms with Crippen LogP contribution in [-0.2, 0) is 64.1 Å². The lowest BCUT2D eigenvalue weighted by Gasteiger charge is -2.34. The minimum absolute atomic E-state index is 0.0625. The zero-order chi connectivity index (χ0) is 49.6. The van der Waals surface area contributed by atoms with Gasteiger partial charge in [-0.2, -0.15) is 15.3 Å². The van der Waals surface area contributed by atoms with E-state index in [4.69, 9.17) is 23.7 Å². The van der Waals surface area contributed by atoms with E-state index < -0.39 is 64.4 Å². The van der Waals surface area contributed by atoms with Crippen molar-refractivity contribution in [2.24, 2.45) is 0 Å². The van der Waals surface area contributed by atoms with Crippen LogP contribution in [0.3, 0.4) is 0 Å². The second-order valence-corrected chi connectivity index (χ2v) is 14.9. The monoisotopic (exact) mass is 1020 g/mol. The summed E-state index contributed by atoms with van der Waals surface area (Å²) in [5.74, 6) is -4.38. The van der Waals surface area contributed by atoms with Crippen LogP contribution >= 0.6 is 15.9 Å². The number of halogens is 7. The van der Waals surface area contributed by atoms with Gasteiger partial charge >= 0.3 is 0 Å². The number of hydrogen-bond acceptors (Lipinski definition) is 15. The SMILES string of the molecule is COCO[C@H](C)C(=O)Cn1cncn1.COCO[C@H](C)[C@@](O)(Cn1cncn1)c1ccc(F)cc1F.COCO[C@H](C)[C@](O)(Cn1cncn1)c1ccc(F)cc1F.Fc1ccc(Br)c(F)c1. The van der Waals surface area contributed by atoms with Gasteiger partial charge in [0, 0.05) is 50.7 Å². The molecule has 0 aliphatic rings. The Morgan fingerprint density at radius 3 is 1.31 bits per heavy atom. The Labute approximate surface area is 389 Å². The molecule has 0 aliphatic carbocycles. The van der Waals surface area contributed by atoms with E-state index in [-0.39, 0.29) is 61.4 Å². The van der Waals surface area contributed by atoms with Crippen molar-refractivity contribution in [1.82, 2.24) is 44.3 Å².